The summed E-state index contributed by atoms with van der Waals surface area (Å²) in [7, 11) is 0. The highest BCUT2D eigenvalue weighted by molar-refractivity contribution is 14.0. The van der Waals surface area contributed by atoms with Crippen LogP contribution in [0.15, 0.2) is 65.7 Å². The largest absolute Gasteiger partial charge is 0.370 e. The van der Waals surface area contributed by atoms with Gasteiger partial charge in [-0.3, -0.25) is 4.99 Å². The van der Waals surface area contributed by atoms with Crippen molar-refractivity contribution < 1.29 is 0 Å². The number of benzene rings is 2. The zero-order valence-electron chi connectivity index (χ0n) is 12.7. The monoisotopic (exact) mass is 409 g/mol. The predicted octanol–water partition coefficient (Wildman–Crippen LogP) is 4.44. The number of hydrogen-bond acceptors (Lipinski definition) is 1. The minimum absolute atomic E-state index is 0. The van der Waals surface area contributed by atoms with Crippen molar-refractivity contribution in [2.75, 3.05) is 11.9 Å². The maximum absolute atomic E-state index is 5.85. The molecule has 2 aromatic rings. The number of unbranched alkanes of at least 4 members (excludes halogenated alkanes) is 2. The van der Waals surface area contributed by atoms with Crippen LogP contribution in [0.1, 0.15) is 24.8 Å². The molecule has 0 saturated heterocycles. The second-order valence-corrected chi connectivity index (χ2v) is 5.05. The van der Waals surface area contributed by atoms with E-state index in [9.17, 15) is 0 Å². The number of anilines is 1. The highest BCUT2D eigenvalue weighted by Crippen LogP contribution is 2.07. The Morgan fingerprint density at radius 1 is 0.864 bits per heavy atom. The van der Waals surface area contributed by atoms with Crippen molar-refractivity contribution in [2.45, 2.75) is 25.7 Å². The molecule has 0 aromatic heterocycles. The van der Waals surface area contributed by atoms with E-state index in [1.807, 2.05) is 30.3 Å². The lowest BCUT2D eigenvalue weighted by Gasteiger charge is -2.05. The summed E-state index contributed by atoms with van der Waals surface area (Å²) in [6, 6.07) is 20.5. The molecule has 0 atom stereocenters. The van der Waals surface area contributed by atoms with Crippen molar-refractivity contribution in [3.05, 3.63) is 66.2 Å². The third-order valence-electron chi connectivity index (χ3n) is 3.29. The van der Waals surface area contributed by atoms with Crippen LogP contribution < -0.4 is 11.1 Å². The van der Waals surface area contributed by atoms with Crippen molar-refractivity contribution >= 4 is 35.6 Å². The van der Waals surface area contributed by atoms with E-state index in [4.69, 9.17) is 5.73 Å². The lowest BCUT2D eigenvalue weighted by molar-refractivity contribution is 0.687. The molecule has 3 nitrogen and oxygen atoms in total. The summed E-state index contributed by atoms with van der Waals surface area (Å²) in [5.41, 5.74) is 8.23. The minimum Gasteiger partial charge on any atom is -0.370 e. The zero-order valence-corrected chi connectivity index (χ0v) is 15.1. The first-order valence-electron chi connectivity index (χ1n) is 7.50. The molecule has 0 fully saturated rings. The van der Waals surface area contributed by atoms with Gasteiger partial charge in [-0.2, -0.15) is 0 Å². The fraction of sp³-hybridized carbons (Fsp3) is 0.278. The van der Waals surface area contributed by atoms with Crippen LogP contribution in [-0.2, 0) is 6.42 Å². The van der Waals surface area contributed by atoms with Gasteiger partial charge in [0.1, 0.15) is 0 Å². The molecule has 0 aliphatic carbocycles. The van der Waals surface area contributed by atoms with E-state index < -0.39 is 0 Å². The Balaban J connectivity index is 0.00000242. The summed E-state index contributed by atoms with van der Waals surface area (Å²) in [6.07, 6.45) is 4.59. The van der Waals surface area contributed by atoms with Crippen LogP contribution in [0.3, 0.4) is 0 Å². The second-order valence-electron chi connectivity index (χ2n) is 5.05. The van der Waals surface area contributed by atoms with E-state index in [0.29, 0.717) is 5.96 Å². The summed E-state index contributed by atoms with van der Waals surface area (Å²) in [5, 5.41) is 3.09. The summed E-state index contributed by atoms with van der Waals surface area (Å²) in [4.78, 5) is 4.35. The van der Waals surface area contributed by atoms with Gasteiger partial charge in [0.05, 0.1) is 0 Å². The number of nitrogens with two attached hydrogens (primary N) is 1. The van der Waals surface area contributed by atoms with Crippen LogP contribution in [0.2, 0.25) is 0 Å². The molecule has 0 amide bonds. The standard InChI is InChI=1S/C18H23N3.HI/c19-18(21-17-13-7-2-8-14-17)20-15-9-3-6-12-16-10-4-1-5-11-16;/h1-2,4-5,7-8,10-11,13-14H,3,6,9,12,15H2,(H3,19,20,21);1H. The number of guanidine groups is 1. The lowest BCUT2D eigenvalue weighted by atomic mass is 10.1. The van der Waals surface area contributed by atoms with E-state index in [2.05, 4.69) is 40.6 Å². The van der Waals surface area contributed by atoms with Gasteiger partial charge in [0.25, 0.3) is 0 Å². The average Bonchev–Trinajstić information content (AvgIpc) is 2.53. The lowest BCUT2D eigenvalue weighted by Crippen LogP contribution is -2.22. The summed E-state index contributed by atoms with van der Waals surface area (Å²) in [6.45, 7) is 0.778. The van der Waals surface area contributed by atoms with Crippen LogP contribution in [0.5, 0.6) is 0 Å². The SMILES string of the molecule is I.NC(=NCCCCCc1ccccc1)Nc1ccccc1. The first-order chi connectivity index (χ1) is 10.3. The number of aryl methyl sites for hydroxylation is 1. The molecular weight excluding hydrogens is 385 g/mol. The summed E-state index contributed by atoms with van der Waals surface area (Å²) >= 11 is 0. The molecule has 22 heavy (non-hydrogen) atoms. The molecule has 0 spiro atoms. The van der Waals surface area contributed by atoms with Gasteiger partial charge in [0, 0.05) is 12.2 Å². The van der Waals surface area contributed by atoms with Crippen molar-refractivity contribution in [3.63, 3.8) is 0 Å². The topological polar surface area (TPSA) is 50.4 Å². The number of rotatable bonds is 7. The van der Waals surface area contributed by atoms with Crippen molar-refractivity contribution in [2.24, 2.45) is 10.7 Å². The Hall–Kier alpha value is -1.56. The first kappa shape index (κ1) is 18.5. The Labute approximate surface area is 150 Å². The van der Waals surface area contributed by atoms with Crippen LogP contribution in [0.25, 0.3) is 0 Å². The first-order valence-corrected chi connectivity index (χ1v) is 7.50. The molecule has 118 valence electrons. The molecule has 0 bridgehead atoms. The highest BCUT2D eigenvalue weighted by atomic mass is 127. The molecule has 4 heteroatoms. The summed E-state index contributed by atoms with van der Waals surface area (Å²) in [5.74, 6) is 0.490. The van der Waals surface area contributed by atoms with E-state index >= 15 is 0 Å². The fourth-order valence-corrected chi connectivity index (χ4v) is 2.17. The molecule has 0 aliphatic rings. The van der Waals surface area contributed by atoms with Crippen LogP contribution in [0, 0.1) is 0 Å². The number of hydrogen-bond donors (Lipinski definition) is 2. The van der Waals surface area contributed by atoms with Gasteiger partial charge in [-0.05, 0) is 37.0 Å². The smallest absolute Gasteiger partial charge is 0.193 e. The number of halogens is 1. The third kappa shape index (κ3) is 7.45. The Morgan fingerprint density at radius 3 is 2.18 bits per heavy atom. The number of aliphatic imine (C=N–C) groups is 1. The molecule has 2 rings (SSSR count). The number of para-hydroxylation sites is 1. The van der Waals surface area contributed by atoms with E-state index in [0.717, 1.165) is 25.1 Å². The van der Waals surface area contributed by atoms with Gasteiger partial charge in [0.15, 0.2) is 5.96 Å². The van der Waals surface area contributed by atoms with Crippen LogP contribution in [0.4, 0.5) is 5.69 Å². The maximum atomic E-state index is 5.85. The van der Waals surface area contributed by atoms with Gasteiger partial charge in [-0.1, -0.05) is 55.0 Å². The predicted molar refractivity (Wildman–Crippen MR) is 106 cm³/mol. The summed E-state index contributed by atoms with van der Waals surface area (Å²) < 4.78 is 0. The number of nitrogens with one attached hydrogen (secondary N) is 1. The molecule has 3 N–H and O–H groups in total. The van der Waals surface area contributed by atoms with Crippen molar-refractivity contribution in [3.8, 4) is 0 Å². The van der Waals surface area contributed by atoms with E-state index in [1.165, 1.54) is 18.4 Å². The highest BCUT2D eigenvalue weighted by Gasteiger charge is 1.95. The van der Waals surface area contributed by atoms with Crippen LogP contribution >= 0.6 is 24.0 Å². The quantitative estimate of drug-likeness (QED) is 0.307. The van der Waals surface area contributed by atoms with Gasteiger partial charge in [-0.15, -0.1) is 24.0 Å². The number of nitrogens with zero attached hydrogens (tertiary/aromatic N) is 1. The normalized spacial score (nSPS) is 10.8. The fourth-order valence-electron chi connectivity index (χ4n) is 2.17. The van der Waals surface area contributed by atoms with Crippen molar-refractivity contribution in [1.29, 1.82) is 0 Å². The molecule has 0 radical (unpaired) electrons. The zero-order chi connectivity index (χ0) is 14.8. The van der Waals surface area contributed by atoms with Gasteiger partial charge in [0.2, 0.25) is 0 Å². The van der Waals surface area contributed by atoms with E-state index in [1.54, 1.807) is 0 Å². The Kier molecular flexibility index (Phi) is 9.30. The Morgan fingerprint density at radius 2 is 1.50 bits per heavy atom. The maximum Gasteiger partial charge on any atom is 0.193 e. The molecule has 2 aromatic carbocycles. The van der Waals surface area contributed by atoms with Crippen molar-refractivity contribution in [1.82, 2.24) is 0 Å². The molecule has 0 aliphatic heterocycles. The van der Waals surface area contributed by atoms with Gasteiger partial charge >= 0.3 is 0 Å². The molecule has 0 unspecified atom stereocenters. The third-order valence-corrected chi connectivity index (χ3v) is 3.29. The Bertz CT molecular complexity index is 541. The molecule has 0 saturated carbocycles. The van der Waals surface area contributed by atoms with Crippen LogP contribution in [-0.4, -0.2) is 12.5 Å². The molecule has 0 heterocycles. The molecular formula is C18H24IN3. The minimum atomic E-state index is 0. The van der Waals surface area contributed by atoms with E-state index in [-0.39, 0.29) is 24.0 Å². The van der Waals surface area contributed by atoms with Gasteiger partial charge < -0.3 is 11.1 Å². The second kappa shape index (κ2) is 11.1. The van der Waals surface area contributed by atoms with Gasteiger partial charge in [-0.25, -0.2) is 0 Å². The average molecular weight is 409 g/mol.